The average Bonchev–Trinajstić information content (AvgIpc) is 2.84. The van der Waals surface area contributed by atoms with Gasteiger partial charge >= 0.3 is 6.18 Å². The van der Waals surface area contributed by atoms with E-state index in [2.05, 4.69) is 26.3 Å². The second-order valence-corrected chi connectivity index (χ2v) is 6.18. The number of benzene rings is 1. The molecule has 2 rings (SSSR count). The molecule has 108 valence electrons. The number of nitrogens with two attached hydrogens (primary N) is 1. The van der Waals surface area contributed by atoms with E-state index in [1.165, 1.54) is 0 Å². The van der Waals surface area contributed by atoms with Gasteiger partial charge in [-0.2, -0.15) is 13.2 Å². The summed E-state index contributed by atoms with van der Waals surface area (Å²) in [7, 11) is 0. The van der Waals surface area contributed by atoms with Crippen molar-refractivity contribution >= 4 is 38.9 Å². The van der Waals surface area contributed by atoms with Crippen molar-refractivity contribution in [3.63, 3.8) is 0 Å². The summed E-state index contributed by atoms with van der Waals surface area (Å²) in [6.07, 6.45) is -3.31. The Labute approximate surface area is 130 Å². The first kappa shape index (κ1) is 15.7. The Morgan fingerprint density at radius 3 is 2.65 bits per heavy atom. The molecule has 0 saturated carbocycles. The lowest BCUT2D eigenvalue weighted by Crippen LogP contribution is -2.28. The van der Waals surface area contributed by atoms with Gasteiger partial charge in [-0.3, -0.25) is 5.84 Å². The Balaban J connectivity index is 2.42. The summed E-state index contributed by atoms with van der Waals surface area (Å²) >= 11 is 9.76. The van der Waals surface area contributed by atoms with Crippen molar-refractivity contribution in [2.24, 2.45) is 5.84 Å². The molecule has 0 aliphatic carbocycles. The highest BCUT2D eigenvalue weighted by atomic mass is 79.9. The number of hydrogen-bond donors (Lipinski definition) is 2. The van der Waals surface area contributed by atoms with Gasteiger partial charge in [-0.25, -0.2) is 10.4 Å². The number of rotatable bonds is 3. The molecule has 0 fully saturated rings. The number of aromatic nitrogens is 1. The van der Waals surface area contributed by atoms with Crippen molar-refractivity contribution < 1.29 is 13.2 Å². The van der Waals surface area contributed by atoms with Crippen LogP contribution in [0.3, 0.4) is 0 Å². The smallest absolute Gasteiger partial charge is 0.271 e. The molecule has 0 spiro atoms. The Morgan fingerprint density at radius 1 is 1.40 bits per heavy atom. The average molecular weight is 387 g/mol. The van der Waals surface area contributed by atoms with Gasteiger partial charge in [0.05, 0.1) is 6.04 Å². The van der Waals surface area contributed by atoms with E-state index in [-0.39, 0.29) is 0 Å². The number of nitrogens with one attached hydrogen (secondary N) is 1. The quantitative estimate of drug-likeness (QED) is 0.616. The van der Waals surface area contributed by atoms with Crippen LogP contribution >= 0.6 is 38.9 Å². The molecule has 0 aliphatic rings. The highest BCUT2D eigenvalue weighted by molar-refractivity contribution is 9.10. The number of nitrogens with zero attached hydrogens (tertiary/aromatic N) is 1. The fourth-order valence-electron chi connectivity index (χ4n) is 1.61. The fourth-order valence-corrected chi connectivity index (χ4v) is 3.13. The van der Waals surface area contributed by atoms with Crippen LogP contribution in [0.5, 0.6) is 0 Å². The summed E-state index contributed by atoms with van der Waals surface area (Å²) in [5.74, 6) is 5.46. The number of hydrogen-bond acceptors (Lipinski definition) is 4. The zero-order valence-corrected chi connectivity index (χ0v) is 12.9. The molecule has 0 saturated heterocycles. The zero-order valence-electron chi connectivity index (χ0n) is 9.71. The van der Waals surface area contributed by atoms with Gasteiger partial charge in [0.1, 0.15) is 0 Å². The summed E-state index contributed by atoms with van der Waals surface area (Å²) in [5, 5.41) is -0.449. The number of alkyl halides is 3. The van der Waals surface area contributed by atoms with Gasteiger partial charge in [-0.05, 0) is 23.8 Å². The van der Waals surface area contributed by atoms with Gasteiger partial charge in [-0.1, -0.05) is 27.5 Å². The summed E-state index contributed by atoms with van der Waals surface area (Å²) in [5.41, 5.74) is 3.12. The van der Waals surface area contributed by atoms with E-state index in [1.807, 2.05) is 0 Å². The SMILES string of the molecule is NNC(c1cnc(C(F)(F)F)s1)c1cc(Cl)ccc1Br. The lowest BCUT2D eigenvalue weighted by Gasteiger charge is -2.16. The molecule has 0 radical (unpaired) electrons. The van der Waals surface area contributed by atoms with Crippen molar-refractivity contribution in [3.8, 4) is 0 Å². The van der Waals surface area contributed by atoms with Crippen LogP contribution in [-0.4, -0.2) is 4.98 Å². The predicted molar refractivity (Wildman–Crippen MR) is 75.4 cm³/mol. The van der Waals surface area contributed by atoms with E-state index >= 15 is 0 Å². The monoisotopic (exact) mass is 385 g/mol. The topological polar surface area (TPSA) is 50.9 Å². The van der Waals surface area contributed by atoms with Crippen LogP contribution in [0.25, 0.3) is 0 Å². The van der Waals surface area contributed by atoms with Crippen LogP contribution in [-0.2, 0) is 6.18 Å². The van der Waals surface area contributed by atoms with Crippen LogP contribution in [0.15, 0.2) is 28.9 Å². The van der Waals surface area contributed by atoms with Gasteiger partial charge in [0.25, 0.3) is 0 Å². The first-order valence-corrected chi connectivity index (χ1v) is 7.25. The number of hydrazine groups is 1. The van der Waals surface area contributed by atoms with Crippen molar-refractivity contribution in [1.29, 1.82) is 0 Å². The van der Waals surface area contributed by atoms with Gasteiger partial charge in [-0.15, -0.1) is 11.3 Å². The molecule has 0 bridgehead atoms. The van der Waals surface area contributed by atoms with E-state index in [4.69, 9.17) is 17.4 Å². The minimum atomic E-state index is -4.46. The Kier molecular flexibility index (Phi) is 4.70. The van der Waals surface area contributed by atoms with Crippen molar-refractivity contribution in [2.75, 3.05) is 0 Å². The molecule has 1 unspecified atom stereocenters. The highest BCUT2D eigenvalue weighted by Gasteiger charge is 2.35. The molecule has 1 aromatic carbocycles. The standard InChI is InChI=1S/C11H8BrClF3N3S/c12-7-2-1-5(13)3-6(7)9(19-17)8-4-18-10(20-8)11(14,15)16/h1-4,9,19H,17H2. The molecule has 20 heavy (non-hydrogen) atoms. The van der Waals surface area contributed by atoms with Gasteiger partial charge in [0, 0.05) is 20.6 Å². The van der Waals surface area contributed by atoms with E-state index in [0.29, 0.717) is 31.3 Å². The first-order valence-electron chi connectivity index (χ1n) is 5.27. The molecular weight excluding hydrogens is 379 g/mol. The molecule has 9 heteroatoms. The molecule has 1 aromatic heterocycles. The summed E-state index contributed by atoms with van der Waals surface area (Å²) in [6.45, 7) is 0. The van der Waals surface area contributed by atoms with E-state index in [0.717, 1.165) is 6.20 Å². The van der Waals surface area contributed by atoms with Crippen molar-refractivity contribution in [1.82, 2.24) is 10.4 Å². The third-order valence-corrected chi connectivity index (χ3v) is 4.55. The van der Waals surface area contributed by atoms with Crippen LogP contribution < -0.4 is 11.3 Å². The summed E-state index contributed by atoms with van der Waals surface area (Å²) < 4.78 is 38.4. The van der Waals surface area contributed by atoms with E-state index < -0.39 is 17.2 Å². The molecule has 1 heterocycles. The molecule has 0 amide bonds. The van der Waals surface area contributed by atoms with Gasteiger partial charge in [0.2, 0.25) is 0 Å². The Bertz CT molecular complexity index is 617. The minimum absolute atomic E-state index is 0.350. The Morgan fingerprint density at radius 2 is 2.10 bits per heavy atom. The summed E-state index contributed by atoms with van der Waals surface area (Å²) in [6, 6.07) is 4.37. The van der Waals surface area contributed by atoms with Crippen LogP contribution in [0, 0.1) is 0 Å². The zero-order chi connectivity index (χ0) is 14.9. The van der Waals surface area contributed by atoms with Crippen LogP contribution in [0.2, 0.25) is 5.02 Å². The largest absolute Gasteiger partial charge is 0.443 e. The predicted octanol–water partition coefficient (Wildman–Crippen LogP) is 4.13. The van der Waals surface area contributed by atoms with Gasteiger partial charge < -0.3 is 0 Å². The lowest BCUT2D eigenvalue weighted by atomic mass is 10.1. The highest BCUT2D eigenvalue weighted by Crippen LogP contribution is 2.37. The lowest BCUT2D eigenvalue weighted by molar-refractivity contribution is -0.137. The summed E-state index contributed by atoms with van der Waals surface area (Å²) in [4.78, 5) is 3.73. The third-order valence-electron chi connectivity index (χ3n) is 2.49. The molecular formula is C11H8BrClF3N3S. The fraction of sp³-hybridized carbons (Fsp3) is 0.182. The first-order chi connectivity index (χ1) is 9.32. The van der Waals surface area contributed by atoms with E-state index in [9.17, 15) is 13.2 Å². The van der Waals surface area contributed by atoms with Crippen LogP contribution in [0.1, 0.15) is 21.5 Å². The molecule has 1 atom stereocenters. The third kappa shape index (κ3) is 3.32. The molecule has 2 aromatic rings. The Hall–Kier alpha value is -0.670. The molecule has 3 nitrogen and oxygen atoms in total. The molecule has 3 N–H and O–H groups in total. The maximum absolute atomic E-state index is 12.6. The van der Waals surface area contributed by atoms with Crippen molar-refractivity contribution in [2.45, 2.75) is 12.2 Å². The van der Waals surface area contributed by atoms with Crippen molar-refractivity contribution in [3.05, 3.63) is 49.3 Å². The van der Waals surface area contributed by atoms with E-state index in [1.54, 1.807) is 18.2 Å². The second kappa shape index (κ2) is 5.98. The van der Waals surface area contributed by atoms with Gasteiger partial charge in [0.15, 0.2) is 5.01 Å². The second-order valence-electron chi connectivity index (χ2n) is 3.83. The maximum atomic E-state index is 12.6. The number of halogens is 5. The van der Waals surface area contributed by atoms with Crippen LogP contribution in [0.4, 0.5) is 13.2 Å². The maximum Gasteiger partial charge on any atom is 0.443 e. The molecule has 0 aliphatic heterocycles. The minimum Gasteiger partial charge on any atom is -0.271 e. The number of thiazole rings is 1. The normalized spacial score (nSPS) is 13.5.